The van der Waals surface area contributed by atoms with Gasteiger partial charge in [0.2, 0.25) is 5.41 Å². The average molecular weight is 437 g/mol. The second kappa shape index (κ2) is 14.1. The van der Waals surface area contributed by atoms with Crippen molar-refractivity contribution < 1.29 is 26.3 Å². The van der Waals surface area contributed by atoms with Crippen LogP contribution in [-0.2, 0) is 11.8 Å². The normalized spacial score (nSPS) is 11.1. The van der Waals surface area contributed by atoms with Gasteiger partial charge >= 0.3 is 12.4 Å². The van der Waals surface area contributed by atoms with E-state index in [1.165, 1.54) is 36.8 Å². The fourth-order valence-corrected chi connectivity index (χ4v) is 2.66. The number of rotatable bonds is 3. The van der Waals surface area contributed by atoms with Gasteiger partial charge in [-0.15, -0.1) is 0 Å². The lowest BCUT2D eigenvalue weighted by atomic mass is 9.72. The van der Waals surface area contributed by atoms with Crippen molar-refractivity contribution in [1.29, 1.82) is 0 Å². The Labute approximate surface area is 177 Å². The first-order valence-electron chi connectivity index (χ1n) is 10.3. The van der Waals surface area contributed by atoms with E-state index in [1.807, 2.05) is 27.7 Å². The number of hydrogen-bond donors (Lipinski definition) is 0. The van der Waals surface area contributed by atoms with Gasteiger partial charge in [-0.1, -0.05) is 109 Å². The molecule has 0 bridgehead atoms. The largest absolute Gasteiger partial charge is 0.411 e. The minimum absolute atomic E-state index is 0.524. The van der Waals surface area contributed by atoms with Crippen LogP contribution < -0.4 is 0 Å². The summed E-state index contributed by atoms with van der Waals surface area (Å²) in [5, 5.41) is 0. The van der Waals surface area contributed by atoms with Crippen LogP contribution in [0, 0.1) is 0 Å². The molecule has 0 radical (unpaired) electrons. The predicted molar refractivity (Wildman–Crippen MR) is 114 cm³/mol. The third kappa shape index (κ3) is 7.06. The summed E-state index contributed by atoms with van der Waals surface area (Å²) in [6, 6.07) is 9.84. The molecule has 2 rings (SSSR count). The number of halogens is 6. The van der Waals surface area contributed by atoms with Crippen LogP contribution in [0.25, 0.3) is 0 Å². The molecule has 0 aromatic heterocycles. The second-order valence-corrected chi connectivity index (χ2v) is 5.87. The zero-order valence-corrected chi connectivity index (χ0v) is 18.9. The van der Waals surface area contributed by atoms with E-state index in [0.717, 1.165) is 24.3 Å². The van der Waals surface area contributed by atoms with Crippen LogP contribution in [0.4, 0.5) is 26.3 Å². The Kier molecular flexibility index (Phi) is 14.2. The fraction of sp³-hybridized carbons (Fsp3) is 0.500. The van der Waals surface area contributed by atoms with E-state index in [0.29, 0.717) is 12.0 Å². The molecule has 30 heavy (non-hydrogen) atoms. The van der Waals surface area contributed by atoms with Crippen LogP contribution in [-0.4, -0.2) is 12.4 Å². The third-order valence-electron chi connectivity index (χ3n) is 3.85. The summed E-state index contributed by atoms with van der Waals surface area (Å²) < 4.78 is 82.2. The minimum atomic E-state index is -5.53. The van der Waals surface area contributed by atoms with E-state index in [-0.39, 0.29) is 0 Å². The first-order chi connectivity index (χ1) is 14.1. The van der Waals surface area contributed by atoms with Crippen molar-refractivity contribution in [3.63, 3.8) is 0 Å². The van der Waals surface area contributed by atoms with E-state index in [4.69, 9.17) is 0 Å². The molecule has 2 aromatic carbocycles. The molecule has 0 unspecified atom stereocenters. The van der Waals surface area contributed by atoms with Gasteiger partial charge in [0, 0.05) is 0 Å². The van der Waals surface area contributed by atoms with Gasteiger partial charge in [-0.25, -0.2) is 0 Å². The molecule has 0 aliphatic rings. The Hall–Kier alpha value is -1.98. The van der Waals surface area contributed by atoms with Crippen molar-refractivity contribution in [1.82, 2.24) is 0 Å². The SMILES string of the molecule is CC.CC.CCC.CCc1ccc(C(c2ccccc2)(C(F)(F)F)C(F)(F)F)cc1. The Morgan fingerprint density at radius 3 is 1.20 bits per heavy atom. The fourth-order valence-electron chi connectivity index (χ4n) is 2.66. The molecule has 6 heteroatoms. The number of alkyl halides is 6. The standard InChI is InChI=1S/C17H14F6.C3H8.2C2H6/c1-2-12-8-10-14(11-9-12)15(16(18,19)20,17(21,22)23)13-6-4-3-5-7-13;1-3-2;2*1-2/h3-11H,2H2,1H3;3H2,1-2H3;2*1-2H3. The van der Waals surface area contributed by atoms with Crippen LogP contribution in [0.15, 0.2) is 54.6 Å². The molecule has 0 amide bonds. The molecule has 172 valence electrons. The van der Waals surface area contributed by atoms with Crippen molar-refractivity contribution >= 4 is 0 Å². The van der Waals surface area contributed by atoms with Gasteiger partial charge < -0.3 is 0 Å². The average Bonchev–Trinajstić information content (AvgIpc) is 2.71. The Balaban J connectivity index is 0. The van der Waals surface area contributed by atoms with E-state index in [2.05, 4.69) is 13.8 Å². The molecule has 0 N–H and O–H groups in total. The van der Waals surface area contributed by atoms with Crippen molar-refractivity contribution in [3.8, 4) is 0 Å². The third-order valence-corrected chi connectivity index (χ3v) is 3.85. The zero-order chi connectivity index (χ0) is 24.0. The molecular weight excluding hydrogens is 402 g/mol. The van der Waals surface area contributed by atoms with Crippen molar-refractivity contribution in [2.24, 2.45) is 0 Å². The molecule has 0 heterocycles. The summed E-state index contributed by atoms with van der Waals surface area (Å²) in [5.74, 6) is 0. The van der Waals surface area contributed by atoms with Crippen molar-refractivity contribution in [3.05, 3.63) is 71.3 Å². The van der Waals surface area contributed by atoms with E-state index >= 15 is 0 Å². The second-order valence-electron chi connectivity index (χ2n) is 5.87. The summed E-state index contributed by atoms with van der Waals surface area (Å²) in [4.78, 5) is 0. The maximum Gasteiger partial charge on any atom is 0.411 e. The number of hydrogen-bond acceptors (Lipinski definition) is 0. The lowest BCUT2D eigenvalue weighted by Crippen LogP contribution is -2.54. The molecule has 0 spiro atoms. The smallest absolute Gasteiger partial charge is 0.169 e. The van der Waals surface area contributed by atoms with Gasteiger partial charge in [0.05, 0.1) is 0 Å². The summed E-state index contributed by atoms with van der Waals surface area (Å²) in [6.45, 7) is 14.0. The predicted octanol–water partition coefficient (Wildman–Crippen LogP) is 9.13. The van der Waals surface area contributed by atoms with Gasteiger partial charge in [-0.3, -0.25) is 0 Å². The minimum Gasteiger partial charge on any atom is -0.169 e. The lowest BCUT2D eigenvalue weighted by molar-refractivity contribution is -0.288. The van der Waals surface area contributed by atoms with E-state index < -0.39 is 28.9 Å². The van der Waals surface area contributed by atoms with Gasteiger partial charge in [0.1, 0.15) is 0 Å². The first-order valence-corrected chi connectivity index (χ1v) is 10.3. The maximum absolute atomic E-state index is 13.7. The van der Waals surface area contributed by atoms with Crippen molar-refractivity contribution in [2.75, 3.05) is 0 Å². The quantitative estimate of drug-likeness (QED) is 0.421. The highest BCUT2D eigenvalue weighted by atomic mass is 19.4. The molecular formula is C24H34F6. The van der Waals surface area contributed by atoms with Crippen molar-refractivity contribution in [2.45, 2.75) is 79.1 Å². The topological polar surface area (TPSA) is 0 Å². The molecule has 0 aliphatic heterocycles. The summed E-state index contributed by atoms with van der Waals surface area (Å²) in [5.41, 5.74) is -5.06. The zero-order valence-electron chi connectivity index (χ0n) is 18.9. The monoisotopic (exact) mass is 436 g/mol. The van der Waals surface area contributed by atoms with Gasteiger partial charge in [0.25, 0.3) is 0 Å². The van der Waals surface area contributed by atoms with Crippen LogP contribution in [0.5, 0.6) is 0 Å². The highest BCUT2D eigenvalue weighted by Gasteiger charge is 2.72. The molecule has 0 saturated carbocycles. The maximum atomic E-state index is 13.7. The first kappa shape index (κ1) is 30.2. The van der Waals surface area contributed by atoms with Crippen LogP contribution in [0.1, 0.15) is 71.6 Å². The van der Waals surface area contributed by atoms with Gasteiger partial charge in [-0.2, -0.15) is 26.3 Å². The van der Waals surface area contributed by atoms with E-state index in [1.54, 1.807) is 6.92 Å². The number of aryl methyl sites for hydroxylation is 1. The Bertz CT molecular complexity index is 641. The van der Waals surface area contributed by atoms with E-state index in [9.17, 15) is 26.3 Å². The molecule has 0 saturated heterocycles. The summed E-state index contributed by atoms with van der Waals surface area (Å²) >= 11 is 0. The molecule has 0 nitrogen and oxygen atoms in total. The molecule has 0 fully saturated rings. The number of benzene rings is 2. The summed E-state index contributed by atoms with van der Waals surface area (Å²) in [7, 11) is 0. The lowest BCUT2D eigenvalue weighted by Gasteiger charge is -2.38. The molecule has 2 aromatic rings. The van der Waals surface area contributed by atoms with Gasteiger partial charge in [0.15, 0.2) is 0 Å². The molecule has 0 atom stereocenters. The van der Waals surface area contributed by atoms with Crippen LogP contribution in [0.2, 0.25) is 0 Å². The molecule has 0 aliphatic carbocycles. The Morgan fingerprint density at radius 2 is 0.900 bits per heavy atom. The highest BCUT2D eigenvalue weighted by Crippen LogP contribution is 2.56. The van der Waals surface area contributed by atoms with Gasteiger partial charge in [-0.05, 0) is 23.1 Å². The van der Waals surface area contributed by atoms with Crippen LogP contribution >= 0.6 is 0 Å². The highest BCUT2D eigenvalue weighted by molar-refractivity contribution is 5.44. The Morgan fingerprint density at radius 1 is 0.567 bits per heavy atom. The summed E-state index contributed by atoms with van der Waals surface area (Å²) in [6.07, 6.45) is -9.28. The van der Waals surface area contributed by atoms with Crippen LogP contribution in [0.3, 0.4) is 0 Å².